The van der Waals surface area contributed by atoms with E-state index in [1.54, 1.807) is 6.07 Å². The zero-order chi connectivity index (χ0) is 12.6. The zero-order valence-electron chi connectivity index (χ0n) is 8.75. The van der Waals surface area contributed by atoms with Crippen molar-refractivity contribution in [2.45, 2.75) is 10.8 Å². The molecule has 1 atom stereocenters. The van der Waals surface area contributed by atoms with Gasteiger partial charge in [0.25, 0.3) is 0 Å². The Bertz CT molecular complexity index is 462. The summed E-state index contributed by atoms with van der Waals surface area (Å²) in [6, 6.07) is 4.61. The minimum absolute atomic E-state index is 0.00306. The van der Waals surface area contributed by atoms with Crippen LogP contribution >= 0.6 is 34.8 Å². The number of carbonyl (C=O) groups is 1. The molecule has 2 rings (SSSR count). The Balaban J connectivity index is 1.96. The normalized spacial score (nSPS) is 21.0. The predicted octanol–water partition coefficient (Wildman–Crippen LogP) is 3.27. The smallest absolute Gasteiger partial charge is 0.340 e. The van der Waals surface area contributed by atoms with E-state index in [1.165, 1.54) is 12.1 Å². The summed E-state index contributed by atoms with van der Waals surface area (Å²) >= 11 is 17.4. The lowest BCUT2D eigenvalue weighted by Gasteiger charge is -2.07. The number of rotatable bonds is 3. The molecule has 1 aliphatic rings. The molecule has 0 radical (unpaired) electrons. The van der Waals surface area contributed by atoms with Crippen LogP contribution in [0, 0.1) is 5.92 Å². The van der Waals surface area contributed by atoms with Crippen LogP contribution in [0.15, 0.2) is 18.2 Å². The van der Waals surface area contributed by atoms with Crippen molar-refractivity contribution < 1.29 is 9.53 Å². The second-order valence-corrected chi connectivity index (χ2v) is 5.97. The maximum atomic E-state index is 11.7. The molecule has 0 aliphatic heterocycles. The maximum Gasteiger partial charge on any atom is 0.340 e. The zero-order valence-corrected chi connectivity index (χ0v) is 11.0. The molecule has 0 saturated heterocycles. The second kappa shape index (κ2) is 4.56. The summed E-state index contributed by atoms with van der Waals surface area (Å²) in [6.45, 7) is 0.202. The van der Waals surface area contributed by atoms with Crippen LogP contribution in [0.1, 0.15) is 16.8 Å². The summed E-state index contributed by atoms with van der Waals surface area (Å²) in [5, 5.41) is 0.474. The standard InChI is InChI=1S/C11H10Cl3NO2/c12-7-1-2-8(9(15)3-7)10(16)17-5-6-4-11(6,13)14/h1-3,6H,4-5,15H2. The number of benzene rings is 1. The van der Waals surface area contributed by atoms with Gasteiger partial charge in [-0.1, -0.05) is 11.6 Å². The third kappa shape index (κ3) is 2.97. The first-order chi connectivity index (χ1) is 7.90. The molecule has 0 amide bonds. The van der Waals surface area contributed by atoms with Crippen molar-refractivity contribution in [2.75, 3.05) is 12.3 Å². The van der Waals surface area contributed by atoms with Crippen LogP contribution < -0.4 is 5.73 Å². The Morgan fingerprint density at radius 1 is 1.53 bits per heavy atom. The number of hydrogen-bond donors (Lipinski definition) is 1. The molecule has 1 aliphatic carbocycles. The second-order valence-electron chi connectivity index (χ2n) is 3.99. The van der Waals surface area contributed by atoms with Crippen molar-refractivity contribution >= 4 is 46.5 Å². The molecule has 1 saturated carbocycles. The maximum absolute atomic E-state index is 11.7. The fraction of sp³-hybridized carbons (Fsp3) is 0.364. The van der Waals surface area contributed by atoms with Crippen LogP contribution in [-0.2, 0) is 4.74 Å². The van der Waals surface area contributed by atoms with Gasteiger partial charge in [-0.3, -0.25) is 0 Å². The van der Waals surface area contributed by atoms with E-state index >= 15 is 0 Å². The molecule has 0 heterocycles. The van der Waals surface area contributed by atoms with E-state index in [9.17, 15) is 4.79 Å². The van der Waals surface area contributed by atoms with Crippen molar-refractivity contribution in [1.82, 2.24) is 0 Å². The molecule has 3 nitrogen and oxygen atoms in total. The molecule has 17 heavy (non-hydrogen) atoms. The predicted molar refractivity (Wildman–Crippen MR) is 68.7 cm³/mol. The lowest BCUT2D eigenvalue weighted by atomic mass is 10.2. The van der Waals surface area contributed by atoms with Crippen LogP contribution in [0.2, 0.25) is 5.02 Å². The van der Waals surface area contributed by atoms with Crippen LogP contribution in [-0.4, -0.2) is 16.9 Å². The summed E-state index contributed by atoms with van der Waals surface area (Å²) in [4.78, 5) is 11.7. The molecular weight excluding hydrogens is 284 g/mol. The third-order valence-corrected chi connectivity index (χ3v) is 3.77. The van der Waals surface area contributed by atoms with Gasteiger partial charge >= 0.3 is 5.97 Å². The molecule has 1 aromatic carbocycles. The van der Waals surface area contributed by atoms with Crippen molar-refractivity contribution in [2.24, 2.45) is 5.92 Å². The molecule has 2 N–H and O–H groups in total. The summed E-state index contributed by atoms with van der Waals surface area (Å²) in [5.74, 6) is -0.487. The Morgan fingerprint density at radius 2 is 2.18 bits per heavy atom. The first-order valence-electron chi connectivity index (χ1n) is 5.00. The lowest BCUT2D eigenvalue weighted by Crippen LogP contribution is -2.11. The number of nitrogens with two attached hydrogens (primary N) is 1. The molecule has 1 fully saturated rings. The van der Waals surface area contributed by atoms with Gasteiger partial charge in [0.05, 0.1) is 12.2 Å². The van der Waals surface area contributed by atoms with Crippen LogP contribution in [0.25, 0.3) is 0 Å². The third-order valence-electron chi connectivity index (χ3n) is 2.60. The van der Waals surface area contributed by atoms with Crippen LogP contribution in [0.4, 0.5) is 5.69 Å². The lowest BCUT2D eigenvalue weighted by molar-refractivity contribution is 0.0486. The molecule has 0 bridgehead atoms. The molecule has 0 spiro atoms. The van der Waals surface area contributed by atoms with Gasteiger partial charge in [-0.25, -0.2) is 4.79 Å². The SMILES string of the molecule is Nc1cc(Cl)ccc1C(=O)OCC1CC1(Cl)Cl. The van der Waals surface area contributed by atoms with E-state index in [0.717, 1.165) is 0 Å². The Hall–Kier alpha value is -0.640. The fourth-order valence-electron chi connectivity index (χ4n) is 1.42. The number of anilines is 1. The van der Waals surface area contributed by atoms with Gasteiger partial charge < -0.3 is 10.5 Å². The van der Waals surface area contributed by atoms with Gasteiger partial charge in [0, 0.05) is 16.6 Å². The summed E-state index contributed by atoms with van der Waals surface area (Å²) < 4.78 is 4.33. The van der Waals surface area contributed by atoms with Crippen molar-refractivity contribution in [1.29, 1.82) is 0 Å². The highest BCUT2D eigenvalue weighted by Gasteiger charge is 2.52. The van der Waals surface area contributed by atoms with Gasteiger partial charge in [-0.15, -0.1) is 23.2 Å². The highest BCUT2D eigenvalue weighted by molar-refractivity contribution is 6.50. The number of carbonyl (C=O) groups excluding carboxylic acids is 1. The topological polar surface area (TPSA) is 52.3 Å². The Labute approximate surface area is 114 Å². The molecule has 0 aromatic heterocycles. The first kappa shape index (κ1) is 12.8. The van der Waals surface area contributed by atoms with E-state index in [4.69, 9.17) is 45.3 Å². The fourth-order valence-corrected chi connectivity index (χ4v) is 2.10. The van der Waals surface area contributed by atoms with Gasteiger partial charge in [0.15, 0.2) is 0 Å². The van der Waals surface area contributed by atoms with Crippen LogP contribution in [0.3, 0.4) is 0 Å². The number of esters is 1. The monoisotopic (exact) mass is 293 g/mol. The summed E-state index contributed by atoms with van der Waals surface area (Å²) in [7, 11) is 0. The van der Waals surface area contributed by atoms with Gasteiger partial charge in [0.1, 0.15) is 4.33 Å². The van der Waals surface area contributed by atoms with E-state index in [1.807, 2.05) is 0 Å². The van der Waals surface area contributed by atoms with E-state index in [0.29, 0.717) is 22.7 Å². The van der Waals surface area contributed by atoms with E-state index in [2.05, 4.69) is 0 Å². The average Bonchev–Trinajstić information content (AvgIpc) is 2.83. The first-order valence-corrected chi connectivity index (χ1v) is 6.13. The van der Waals surface area contributed by atoms with Gasteiger partial charge in [0.2, 0.25) is 0 Å². The summed E-state index contributed by atoms with van der Waals surface area (Å²) in [5.41, 5.74) is 6.25. The van der Waals surface area contributed by atoms with Crippen molar-refractivity contribution in [3.63, 3.8) is 0 Å². The minimum Gasteiger partial charge on any atom is -0.462 e. The van der Waals surface area contributed by atoms with Crippen molar-refractivity contribution in [3.8, 4) is 0 Å². The quantitative estimate of drug-likeness (QED) is 0.529. The molecular formula is C11H10Cl3NO2. The number of hydrogen-bond acceptors (Lipinski definition) is 3. The van der Waals surface area contributed by atoms with Crippen LogP contribution in [0.5, 0.6) is 0 Å². The van der Waals surface area contributed by atoms with E-state index < -0.39 is 10.3 Å². The number of alkyl halides is 2. The average molecular weight is 295 g/mol. The molecule has 92 valence electrons. The molecule has 1 unspecified atom stereocenters. The summed E-state index contributed by atoms with van der Waals surface area (Å²) in [6.07, 6.45) is 0.638. The minimum atomic E-state index is -0.744. The largest absolute Gasteiger partial charge is 0.462 e. The number of halogens is 3. The number of ether oxygens (including phenoxy) is 1. The van der Waals surface area contributed by atoms with Crippen molar-refractivity contribution in [3.05, 3.63) is 28.8 Å². The Morgan fingerprint density at radius 3 is 2.71 bits per heavy atom. The highest BCUT2D eigenvalue weighted by atomic mass is 35.5. The molecule has 1 aromatic rings. The highest BCUT2D eigenvalue weighted by Crippen LogP contribution is 2.53. The van der Waals surface area contributed by atoms with E-state index in [-0.39, 0.29) is 12.5 Å². The molecule has 6 heteroatoms. The Kier molecular flexibility index (Phi) is 3.43. The number of nitrogen functional groups attached to an aromatic ring is 1. The van der Waals surface area contributed by atoms with Gasteiger partial charge in [-0.2, -0.15) is 0 Å². The van der Waals surface area contributed by atoms with Gasteiger partial charge in [-0.05, 0) is 24.6 Å².